The molecule has 0 spiro atoms. The summed E-state index contributed by atoms with van der Waals surface area (Å²) in [6.07, 6.45) is 1.52. The van der Waals surface area contributed by atoms with E-state index in [-0.39, 0.29) is 11.3 Å². The summed E-state index contributed by atoms with van der Waals surface area (Å²) in [5, 5.41) is 8.68. The minimum absolute atomic E-state index is 0.164. The molecule has 5 nitrogen and oxygen atoms in total. The molecular formula is C10H8O5. The number of Topliss-reactive ketones (excluding diaryl/α,β-unsaturated/α-hetero) is 1. The molecule has 15 heavy (non-hydrogen) atoms. The van der Waals surface area contributed by atoms with Crippen LogP contribution >= 0.6 is 0 Å². The predicted molar refractivity (Wildman–Crippen MR) is 49.2 cm³/mol. The molecule has 1 aliphatic carbocycles. The van der Waals surface area contributed by atoms with Crippen molar-refractivity contribution in [1.29, 1.82) is 0 Å². The van der Waals surface area contributed by atoms with Crippen molar-refractivity contribution in [2.75, 3.05) is 0 Å². The molecule has 0 radical (unpaired) electrons. The van der Waals surface area contributed by atoms with Gasteiger partial charge in [0.05, 0.1) is 5.56 Å². The van der Waals surface area contributed by atoms with Crippen molar-refractivity contribution >= 4 is 11.8 Å². The number of carbonyl (C=O) groups excluding carboxylic acids is 1. The van der Waals surface area contributed by atoms with Crippen molar-refractivity contribution in [1.82, 2.24) is 0 Å². The number of fused-ring (bicyclic) bond motifs is 1. The molecule has 78 valence electrons. The normalized spacial score (nSPS) is 14.8. The third-order valence-corrected chi connectivity index (χ3v) is 2.36. The van der Waals surface area contributed by atoms with Crippen LogP contribution in [0.2, 0.25) is 0 Å². The fourth-order valence-electron chi connectivity index (χ4n) is 1.62. The molecule has 5 heteroatoms. The summed E-state index contributed by atoms with van der Waals surface area (Å²) in [6, 6.07) is 1.12. The van der Waals surface area contributed by atoms with Gasteiger partial charge in [-0.3, -0.25) is 4.79 Å². The van der Waals surface area contributed by atoms with Crippen LogP contribution in [0.25, 0.3) is 0 Å². The Morgan fingerprint density at radius 2 is 2.07 bits per heavy atom. The smallest absolute Gasteiger partial charge is 0.350 e. The molecule has 0 fully saturated rings. The number of carbonyl (C=O) groups is 2. The van der Waals surface area contributed by atoms with Crippen LogP contribution in [-0.2, 0) is 6.42 Å². The molecule has 0 amide bonds. The van der Waals surface area contributed by atoms with Crippen molar-refractivity contribution in [2.24, 2.45) is 0 Å². The van der Waals surface area contributed by atoms with Crippen LogP contribution < -0.4 is 5.63 Å². The molecule has 0 aromatic carbocycles. The number of carboxylic acids is 1. The van der Waals surface area contributed by atoms with Gasteiger partial charge in [0.1, 0.15) is 11.3 Å². The summed E-state index contributed by atoms with van der Waals surface area (Å²) in [6.45, 7) is 0. The first-order valence-electron chi connectivity index (χ1n) is 4.53. The second-order valence-corrected chi connectivity index (χ2v) is 3.37. The molecule has 1 aromatic rings. The molecule has 0 atom stereocenters. The number of hydrogen-bond donors (Lipinski definition) is 1. The lowest BCUT2D eigenvalue weighted by atomic mass is 9.95. The maximum Gasteiger partial charge on any atom is 0.350 e. The zero-order chi connectivity index (χ0) is 11.0. The highest BCUT2D eigenvalue weighted by atomic mass is 16.4. The zero-order valence-corrected chi connectivity index (χ0v) is 7.78. The standard InChI is InChI=1S/C10H8O5/c11-7-2-1-3-8-5(7)4-6(9(12)13)10(14)15-8/h4H,1-3H2,(H,12,13). The van der Waals surface area contributed by atoms with Crippen LogP contribution in [0.3, 0.4) is 0 Å². The number of carboxylic acid groups (broad SMARTS) is 1. The Labute approximate surface area is 84.3 Å². The molecular weight excluding hydrogens is 200 g/mol. The van der Waals surface area contributed by atoms with E-state index in [2.05, 4.69) is 0 Å². The Bertz CT molecular complexity index is 497. The Morgan fingerprint density at radius 1 is 1.33 bits per heavy atom. The lowest BCUT2D eigenvalue weighted by molar-refractivity contribution is 0.0691. The highest BCUT2D eigenvalue weighted by Crippen LogP contribution is 2.20. The molecule has 0 aliphatic heterocycles. The van der Waals surface area contributed by atoms with E-state index in [0.29, 0.717) is 25.0 Å². The molecule has 1 N–H and O–H groups in total. The van der Waals surface area contributed by atoms with Gasteiger partial charge in [-0.15, -0.1) is 0 Å². The zero-order valence-electron chi connectivity index (χ0n) is 7.78. The maximum absolute atomic E-state index is 11.4. The van der Waals surface area contributed by atoms with Crippen molar-refractivity contribution in [3.63, 3.8) is 0 Å². The summed E-state index contributed by atoms with van der Waals surface area (Å²) >= 11 is 0. The molecule has 1 aromatic heterocycles. The first kappa shape index (κ1) is 9.64. The fourth-order valence-corrected chi connectivity index (χ4v) is 1.62. The van der Waals surface area contributed by atoms with E-state index >= 15 is 0 Å². The molecule has 0 bridgehead atoms. The Balaban J connectivity index is 2.65. The quantitative estimate of drug-likeness (QED) is 0.739. The Morgan fingerprint density at radius 3 is 2.73 bits per heavy atom. The van der Waals surface area contributed by atoms with Gasteiger partial charge in [0, 0.05) is 12.8 Å². The molecule has 0 unspecified atom stereocenters. The minimum Gasteiger partial charge on any atom is -0.477 e. The molecule has 1 aliphatic rings. The topological polar surface area (TPSA) is 84.6 Å². The van der Waals surface area contributed by atoms with E-state index in [1.165, 1.54) is 0 Å². The van der Waals surface area contributed by atoms with Gasteiger partial charge < -0.3 is 9.52 Å². The third kappa shape index (κ3) is 1.56. The third-order valence-electron chi connectivity index (χ3n) is 2.36. The second kappa shape index (κ2) is 3.34. The van der Waals surface area contributed by atoms with Crippen LogP contribution in [-0.4, -0.2) is 16.9 Å². The summed E-state index contributed by atoms with van der Waals surface area (Å²) in [7, 11) is 0. The minimum atomic E-state index is -1.37. The van der Waals surface area contributed by atoms with Crippen LogP contribution in [0.4, 0.5) is 0 Å². The van der Waals surface area contributed by atoms with Crippen molar-refractivity contribution in [3.8, 4) is 0 Å². The number of rotatable bonds is 1. The second-order valence-electron chi connectivity index (χ2n) is 3.37. The van der Waals surface area contributed by atoms with Gasteiger partial charge in [-0.2, -0.15) is 0 Å². The van der Waals surface area contributed by atoms with Gasteiger partial charge in [-0.1, -0.05) is 0 Å². The first-order valence-corrected chi connectivity index (χ1v) is 4.53. The van der Waals surface area contributed by atoms with E-state index in [9.17, 15) is 14.4 Å². The number of ketones is 1. The highest BCUT2D eigenvalue weighted by Gasteiger charge is 2.23. The lowest BCUT2D eigenvalue weighted by Crippen LogP contribution is -2.20. The first-order chi connectivity index (χ1) is 7.09. The lowest BCUT2D eigenvalue weighted by Gasteiger charge is -2.12. The number of hydrogen-bond acceptors (Lipinski definition) is 4. The van der Waals surface area contributed by atoms with E-state index in [4.69, 9.17) is 9.52 Å². The highest BCUT2D eigenvalue weighted by molar-refractivity contribution is 5.99. The SMILES string of the molecule is O=C1CCCc2oc(=O)c(C(=O)O)cc21. The summed E-state index contributed by atoms with van der Waals surface area (Å²) < 4.78 is 4.81. The monoisotopic (exact) mass is 208 g/mol. The van der Waals surface area contributed by atoms with Crippen molar-refractivity contribution < 1.29 is 19.1 Å². The van der Waals surface area contributed by atoms with Crippen LogP contribution in [0.15, 0.2) is 15.3 Å². The van der Waals surface area contributed by atoms with Crippen LogP contribution in [0.1, 0.15) is 39.3 Å². The largest absolute Gasteiger partial charge is 0.477 e. The summed E-state index contributed by atoms with van der Waals surface area (Å²) in [5.41, 5.74) is -1.14. The van der Waals surface area contributed by atoms with Crippen LogP contribution in [0, 0.1) is 0 Å². The fraction of sp³-hybridized carbons (Fsp3) is 0.300. The predicted octanol–water partition coefficient (Wildman–Crippen LogP) is 0.857. The van der Waals surface area contributed by atoms with E-state index in [1.54, 1.807) is 0 Å². The molecule has 0 saturated carbocycles. The number of aryl methyl sites for hydroxylation is 1. The van der Waals surface area contributed by atoms with E-state index in [1.807, 2.05) is 0 Å². The average molecular weight is 208 g/mol. The summed E-state index contributed by atoms with van der Waals surface area (Å²) in [5.74, 6) is -1.23. The van der Waals surface area contributed by atoms with Gasteiger partial charge >= 0.3 is 11.6 Å². The maximum atomic E-state index is 11.4. The Kier molecular flexibility index (Phi) is 2.15. The molecule has 0 saturated heterocycles. The van der Waals surface area contributed by atoms with Gasteiger partial charge in [-0.05, 0) is 12.5 Å². The van der Waals surface area contributed by atoms with Gasteiger partial charge in [-0.25, -0.2) is 9.59 Å². The summed E-state index contributed by atoms with van der Waals surface area (Å²) in [4.78, 5) is 33.2. The van der Waals surface area contributed by atoms with Crippen LogP contribution in [0.5, 0.6) is 0 Å². The molecule has 1 heterocycles. The van der Waals surface area contributed by atoms with Crippen molar-refractivity contribution in [3.05, 3.63) is 33.4 Å². The van der Waals surface area contributed by atoms with E-state index in [0.717, 1.165) is 6.07 Å². The van der Waals surface area contributed by atoms with Gasteiger partial charge in [0.2, 0.25) is 0 Å². The Hall–Kier alpha value is -1.91. The van der Waals surface area contributed by atoms with E-state index < -0.39 is 17.2 Å². The van der Waals surface area contributed by atoms with Crippen molar-refractivity contribution in [2.45, 2.75) is 19.3 Å². The number of aromatic carboxylic acids is 1. The average Bonchev–Trinajstić information content (AvgIpc) is 2.16. The van der Waals surface area contributed by atoms with Gasteiger partial charge in [0.25, 0.3) is 0 Å². The molecule has 2 rings (SSSR count). The van der Waals surface area contributed by atoms with Gasteiger partial charge in [0.15, 0.2) is 5.78 Å².